The molecule has 0 saturated carbocycles. The molecule has 0 radical (unpaired) electrons. The van der Waals surface area contributed by atoms with Gasteiger partial charge in [-0.05, 0) is 48.9 Å². The lowest BCUT2D eigenvalue weighted by atomic mass is 10.1. The Hall–Kier alpha value is -3.47. The average molecular weight is 342 g/mol. The lowest BCUT2D eigenvalue weighted by Gasteiger charge is -2.09. The van der Waals surface area contributed by atoms with Gasteiger partial charge in [0.05, 0.1) is 23.1 Å². The predicted octanol–water partition coefficient (Wildman–Crippen LogP) is 4.05. The molecule has 0 aliphatic heterocycles. The first-order valence-electron chi connectivity index (χ1n) is 8.42. The summed E-state index contributed by atoms with van der Waals surface area (Å²) >= 11 is 0. The zero-order valence-corrected chi connectivity index (χ0v) is 14.4. The number of para-hydroxylation sites is 2. The third-order valence-corrected chi connectivity index (χ3v) is 4.20. The van der Waals surface area contributed by atoms with Gasteiger partial charge in [-0.15, -0.1) is 0 Å². The van der Waals surface area contributed by atoms with Gasteiger partial charge < -0.3 is 9.88 Å². The van der Waals surface area contributed by atoms with E-state index in [0.717, 1.165) is 33.5 Å². The Balaban J connectivity index is 1.52. The Bertz CT molecular complexity index is 1080. The molecule has 0 unspecified atom stereocenters. The highest BCUT2D eigenvalue weighted by Crippen LogP contribution is 2.21. The van der Waals surface area contributed by atoms with Crippen molar-refractivity contribution in [2.24, 2.45) is 0 Å². The summed E-state index contributed by atoms with van der Waals surface area (Å²) in [5.74, 6) is -0.0949. The summed E-state index contributed by atoms with van der Waals surface area (Å²) in [6.07, 6.45) is 3.48. The summed E-state index contributed by atoms with van der Waals surface area (Å²) in [7, 11) is 0. The number of fused-ring (bicyclic) bond motifs is 1. The number of hydrogen-bond acceptors (Lipinski definition) is 3. The lowest BCUT2D eigenvalue weighted by molar-refractivity contribution is -0.116. The summed E-state index contributed by atoms with van der Waals surface area (Å²) in [5.41, 5.74) is 5.59. The van der Waals surface area contributed by atoms with Crippen LogP contribution in [0, 0.1) is 6.92 Å². The topological polar surface area (TPSA) is 59.8 Å². The second kappa shape index (κ2) is 6.80. The van der Waals surface area contributed by atoms with Crippen molar-refractivity contribution >= 4 is 22.6 Å². The molecule has 0 aliphatic carbocycles. The highest BCUT2D eigenvalue weighted by molar-refractivity contribution is 5.92. The van der Waals surface area contributed by atoms with Gasteiger partial charge in [0.15, 0.2) is 0 Å². The number of imidazole rings is 1. The minimum Gasteiger partial charge on any atom is -0.325 e. The minimum atomic E-state index is -0.0949. The Morgan fingerprint density at radius 1 is 1.04 bits per heavy atom. The minimum absolute atomic E-state index is 0.0949. The van der Waals surface area contributed by atoms with E-state index in [9.17, 15) is 4.79 Å². The van der Waals surface area contributed by atoms with Crippen LogP contribution in [0.25, 0.3) is 22.3 Å². The fraction of sp³-hybridized carbons (Fsp3) is 0.0952. The highest BCUT2D eigenvalue weighted by atomic mass is 16.1. The van der Waals surface area contributed by atoms with Gasteiger partial charge in [0, 0.05) is 17.4 Å². The second-order valence-electron chi connectivity index (χ2n) is 6.21. The normalized spacial score (nSPS) is 10.8. The van der Waals surface area contributed by atoms with Crippen LogP contribution in [-0.4, -0.2) is 20.4 Å². The SMILES string of the molecule is Cc1ccnc(-c2cccc(NC(=O)Cn3cnc4ccccc43)c2)c1. The first kappa shape index (κ1) is 16.0. The molecule has 26 heavy (non-hydrogen) atoms. The zero-order valence-electron chi connectivity index (χ0n) is 14.4. The molecule has 4 aromatic rings. The number of benzene rings is 2. The smallest absolute Gasteiger partial charge is 0.244 e. The third kappa shape index (κ3) is 3.32. The Kier molecular flexibility index (Phi) is 4.19. The van der Waals surface area contributed by atoms with Gasteiger partial charge in [0.2, 0.25) is 5.91 Å². The monoisotopic (exact) mass is 342 g/mol. The number of hydrogen-bond donors (Lipinski definition) is 1. The molecule has 1 amide bonds. The van der Waals surface area contributed by atoms with E-state index >= 15 is 0 Å². The number of aryl methyl sites for hydroxylation is 1. The van der Waals surface area contributed by atoms with Crippen LogP contribution in [0.1, 0.15) is 5.56 Å². The van der Waals surface area contributed by atoms with Crippen molar-refractivity contribution in [3.63, 3.8) is 0 Å². The summed E-state index contributed by atoms with van der Waals surface area (Å²) in [6, 6.07) is 19.5. The maximum atomic E-state index is 12.5. The molecule has 2 aromatic heterocycles. The molecule has 0 fully saturated rings. The number of nitrogens with one attached hydrogen (secondary N) is 1. The number of carbonyl (C=O) groups is 1. The van der Waals surface area contributed by atoms with E-state index in [1.54, 1.807) is 12.5 Å². The summed E-state index contributed by atoms with van der Waals surface area (Å²) < 4.78 is 1.84. The summed E-state index contributed by atoms with van der Waals surface area (Å²) in [5, 5.41) is 2.95. The number of rotatable bonds is 4. The van der Waals surface area contributed by atoms with Gasteiger partial charge in [0.1, 0.15) is 6.54 Å². The van der Waals surface area contributed by atoms with Crippen LogP contribution in [0.15, 0.2) is 73.2 Å². The predicted molar refractivity (Wildman–Crippen MR) is 103 cm³/mol. The van der Waals surface area contributed by atoms with Crippen LogP contribution in [0.3, 0.4) is 0 Å². The molecule has 1 N–H and O–H groups in total. The zero-order chi connectivity index (χ0) is 17.9. The molecule has 0 bridgehead atoms. The van der Waals surface area contributed by atoms with E-state index in [4.69, 9.17) is 0 Å². The van der Waals surface area contributed by atoms with E-state index < -0.39 is 0 Å². The number of anilines is 1. The maximum absolute atomic E-state index is 12.5. The van der Waals surface area contributed by atoms with E-state index in [-0.39, 0.29) is 12.5 Å². The molecule has 128 valence electrons. The molecule has 5 nitrogen and oxygen atoms in total. The van der Waals surface area contributed by atoms with E-state index in [1.165, 1.54) is 0 Å². The fourth-order valence-electron chi connectivity index (χ4n) is 2.94. The lowest BCUT2D eigenvalue weighted by Crippen LogP contribution is -2.18. The number of carbonyl (C=O) groups excluding carboxylic acids is 1. The summed E-state index contributed by atoms with van der Waals surface area (Å²) in [4.78, 5) is 21.2. The first-order chi connectivity index (χ1) is 12.7. The van der Waals surface area contributed by atoms with Gasteiger partial charge in [-0.2, -0.15) is 0 Å². The van der Waals surface area contributed by atoms with Gasteiger partial charge in [-0.1, -0.05) is 24.3 Å². The van der Waals surface area contributed by atoms with Crippen molar-refractivity contribution in [3.8, 4) is 11.3 Å². The average Bonchev–Trinajstić information content (AvgIpc) is 3.05. The first-order valence-corrected chi connectivity index (χ1v) is 8.42. The quantitative estimate of drug-likeness (QED) is 0.609. The Labute approximate surface area is 151 Å². The van der Waals surface area contributed by atoms with Crippen molar-refractivity contribution in [2.45, 2.75) is 13.5 Å². The summed E-state index contributed by atoms with van der Waals surface area (Å²) in [6.45, 7) is 2.25. The van der Waals surface area contributed by atoms with Crippen molar-refractivity contribution in [1.29, 1.82) is 0 Å². The van der Waals surface area contributed by atoms with Gasteiger partial charge in [-0.3, -0.25) is 9.78 Å². The molecule has 4 rings (SSSR count). The molecule has 0 atom stereocenters. The molecular formula is C21H18N4O. The molecule has 0 aliphatic rings. The largest absolute Gasteiger partial charge is 0.325 e. The standard InChI is InChI=1S/C21H18N4O/c1-15-9-10-22-19(11-15)16-5-4-6-17(12-16)24-21(26)13-25-14-23-18-7-2-3-8-20(18)25/h2-12,14H,13H2,1H3,(H,24,26). The molecule has 2 heterocycles. The van der Waals surface area contributed by atoms with E-state index in [2.05, 4.69) is 15.3 Å². The fourth-order valence-corrected chi connectivity index (χ4v) is 2.94. The van der Waals surface area contributed by atoms with E-state index in [0.29, 0.717) is 0 Å². The number of amides is 1. The van der Waals surface area contributed by atoms with Gasteiger partial charge in [0.25, 0.3) is 0 Å². The van der Waals surface area contributed by atoms with Crippen molar-refractivity contribution in [1.82, 2.24) is 14.5 Å². The molecule has 0 spiro atoms. The number of nitrogens with zero attached hydrogens (tertiary/aromatic N) is 3. The second-order valence-corrected chi connectivity index (χ2v) is 6.21. The van der Waals surface area contributed by atoms with Crippen molar-refractivity contribution in [2.75, 3.05) is 5.32 Å². The van der Waals surface area contributed by atoms with Crippen LogP contribution < -0.4 is 5.32 Å². The van der Waals surface area contributed by atoms with Gasteiger partial charge >= 0.3 is 0 Å². The van der Waals surface area contributed by atoms with Crippen LogP contribution in [0.4, 0.5) is 5.69 Å². The Morgan fingerprint density at radius 2 is 1.92 bits per heavy atom. The maximum Gasteiger partial charge on any atom is 0.244 e. The highest BCUT2D eigenvalue weighted by Gasteiger charge is 2.08. The van der Waals surface area contributed by atoms with Crippen LogP contribution in [0.5, 0.6) is 0 Å². The van der Waals surface area contributed by atoms with Crippen molar-refractivity contribution in [3.05, 3.63) is 78.8 Å². The number of aromatic nitrogens is 3. The van der Waals surface area contributed by atoms with Gasteiger partial charge in [-0.25, -0.2) is 4.98 Å². The van der Waals surface area contributed by atoms with Crippen molar-refractivity contribution < 1.29 is 4.79 Å². The van der Waals surface area contributed by atoms with Crippen LogP contribution in [0.2, 0.25) is 0 Å². The Morgan fingerprint density at radius 3 is 2.81 bits per heavy atom. The molecule has 2 aromatic carbocycles. The molecule has 0 saturated heterocycles. The number of pyridine rings is 1. The molecule has 5 heteroatoms. The third-order valence-electron chi connectivity index (χ3n) is 4.20. The van der Waals surface area contributed by atoms with Crippen LogP contribution in [-0.2, 0) is 11.3 Å². The van der Waals surface area contributed by atoms with E-state index in [1.807, 2.05) is 72.2 Å². The van der Waals surface area contributed by atoms with Crippen LogP contribution >= 0.6 is 0 Å². The molecular weight excluding hydrogens is 324 g/mol.